The van der Waals surface area contributed by atoms with E-state index in [1.807, 2.05) is 0 Å². The SMILES string of the molecule is O=CC1=COCO1. The lowest BCUT2D eigenvalue weighted by Crippen LogP contribution is -1.84. The fraction of sp³-hybridized carbons (Fsp3) is 0.250. The molecule has 0 aromatic carbocycles. The minimum atomic E-state index is 0.175. The second kappa shape index (κ2) is 1.64. The first kappa shape index (κ1) is 4.18. The standard InChI is InChI=1S/C4H4O3/c5-1-4-2-6-3-7-4/h1-2H,3H2. The van der Waals surface area contributed by atoms with Crippen LogP contribution in [0.15, 0.2) is 12.0 Å². The van der Waals surface area contributed by atoms with Crippen molar-refractivity contribution in [1.82, 2.24) is 0 Å². The van der Waals surface area contributed by atoms with Crippen LogP contribution in [0.25, 0.3) is 0 Å². The third-order valence-corrected chi connectivity index (χ3v) is 0.609. The van der Waals surface area contributed by atoms with Gasteiger partial charge in [0.05, 0.1) is 0 Å². The van der Waals surface area contributed by atoms with Crippen molar-refractivity contribution in [3.8, 4) is 0 Å². The topological polar surface area (TPSA) is 35.5 Å². The first-order chi connectivity index (χ1) is 3.43. The van der Waals surface area contributed by atoms with Gasteiger partial charge in [0.15, 0.2) is 12.0 Å². The third kappa shape index (κ3) is 0.707. The predicted octanol–water partition coefficient (Wildman–Crippen LogP) is 0.0310. The van der Waals surface area contributed by atoms with Crippen LogP contribution in [-0.4, -0.2) is 13.1 Å². The highest BCUT2D eigenvalue weighted by molar-refractivity contribution is 5.69. The molecule has 1 heterocycles. The normalized spacial score (nSPS) is 16.9. The minimum absolute atomic E-state index is 0.175. The Balaban J connectivity index is 2.51. The molecule has 1 aliphatic rings. The molecule has 0 amide bonds. The molecule has 0 radical (unpaired) electrons. The molecule has 0 saturated heterocycles. The molecule has 0 unspecified atom stereocenters. The van der Waals surface area contributed by atoms with Crippen LogP contribution in [0, 0.1) is 0 Å². The summed E-state index contributed by atoms with van der Waals surface area (Å²) in [7, 11) is 0. The Morgan fingerprint density at radius 1 is 1.86 bits per heavy atom. The van der Waals surface area contributed by atoms with Gasteiger partial charge in [-0.1, -0.05) is 0 Å². The van der Waals surface area contributed by atoms with E-state index in [1.165, 1.54) is 6.26 Å². The lowest BCUT2D eigenvalue weighted by atomic mass is 10.6. The van der Waals surface area contributed by atoms with Gasteiger partial charge in [0.1, 0.15) is 6.26 Å². The maximum atomic E-state index is 9.73. The molecule has 0 aromatic rings. The van der Waals surface area contributed by atoms with E-state index >= 15 is 0 Å². The number of hydrogen-bond donors (Lipinski definition) is 0. The predicted molar refractivity (Wildman–Crippen MR) is 21.2 cm³/mol. The molecule has 0 N–H and O–H groups in total. The van der Waals surface area contributed by atoms with E-state index in [0.29, 0.717) is 6.29 Å². The second-order valence-corrected chi connectivity index (χ2v) is 1.07. The number of carbonyl (C=O) groups excluding carboxylic acids is 1. The average molecular weight is 100 g/mol. The van der Waals surface area contributed by atoms with Gasteiger partial charge in [0.25, 0.3) is 0 Å². The Morgan fingerprint density at radius 3 is 3.00 bits per heavy atom. The van der Waals surface area contributed by atoms with E-state index in [-0.39, 0.29) is 12.6 Å². The number of aldehydes is 1. The van der Waals surface area contributed by atoms with Crippen LogP contribution in [-0.2, 0) is 14.3 Å². The van der Waals surface area contributed by atoms with Gasteiger partial charge < -0.3 is 9.47 Å². The van der Waals surface area contributed by atoms with Gasteiger partial charge >= 0.3 is 0 Å². The summed E-state index contributed by atoms with van der Waals surface area (Å²) in [5, 5.41) is 0. The van der Waals surface area contributed by atoms with Crippen molar-refractivity contribution in [3.05, 3.63) is 12.0 Å². The van der Waals surface area contributed by atoms with Gasteiger partial charge in [-0.05, 0) is 0 Å². The number of hydrogen-bond acceptors (Lipinski definition) is 3. The second-order valence-electron chi connectivity index (χ2n) is 1.07. The lowest BCUT2D eigenvalue weighted by molar-refractivity contribution is -0.107. The Bertz CT molecular complexity index is 106. The summed E-state index contributed by atoms with van der Waals surface area (Å²) in [5.41, 5.74) is 0. The first-order valence-corrected chi connectivity index (χ1v) is 1.83. The molecule has 1 rings (SSSR count). The lowest BCUT2D eigenvalue weighted by Gasteiger charge is -1.86. The highest BCUT2D eigenvalue weighted by Crippen LogP contribution is 2.00. The van der Waals surface area contributed by atoms with Crippen LogP contribution >= 0.6 is 0 Å². The van der Waals surface area contributed by atoms with E-state index in [0.717, 1.165) is 0 Å². The number of rotatable bonds is 1. The molecule has 1 aliphatic heterocycles. The monoisotopic (exact) mass is 100 g/mol. The van der Waals surface area contributed by atoms with Crippen LogP contribution in [0.4, 0.5) is 0 Å². The molecule has 3 nitrogen and oxygen atoms in total. The quantitative estimate of drug-likeness (QED) is 0.436. The molecule has 0 spiro atoms. The zero-order valence-corrected chi connectivity index (χ0v) is 3.59. The molecule has 0 aromatic heterocycles. The fourth-order valence-electron chi connectivity index (χ4n) is 0.314. The van der Waals surface area contributed by atoms with Crippen LogP contribution in [0.3, 0.4) is 0 Å². The van der Waals surface area contributed by atoms with Gasteiger partial charge in [0, 0.05) is 0 Å². The summed E-state index contributed by atoms with van der Waals surface area (Å²) in [5.74, 6) is 0.264. The van der Waals surface area contributed by atoms with Crippen LogP contribution in [0.1, 0.15) is 0 Å². The summed E-state index contributed by atoms with van der Waals surface area (Å²) in [6.07, 6.45) is 1.89. The van der Waals surface area contributed by atoms with Crippen molar-refractivity contribution in [1.29, 1.82) is 0 Å². The van der Waals surface area contributed by atoms with Crippen molar-refractivity contribution in [2.75, 3.05) is 6.79 Å². The highest BCUT2D eigenvalue weighted by atomic mass is 16.7. The van der Waals surface area contributed by atoms with Crippen molar-refractivity contribution in [2.45, 2.75) is 0 Å². The number of ether oxygens (including phenoxy) is 2. The summed E-state index contributed by atoms with van der Waals surface area (Å²) in [6, 6.07) is 0. The summed E-state index contributed by atoms with van der Waals surface area (Å²) < 4.78 is 9.11. The molecular weight excluding hydrogens is 96.0 g/mol. The molecule has 0 fully saturated rings. The van der Waals surface area contributed by atoms with Gasteiger partial charge in [-0.25, -0.2) is 0 Å². The Labute approximate surface area is 40.5 Å². The Morgan fingerprint density at radius 2 is 2.71 bits per heavy atom. The zero-order chi connectivity index (χ0) is 5.11. The van der Waals surface area contributed by atoms with Gasteiger partial charge in [-0.3, -0.25) is 4.79 Å². The summed E-state index contributed by atoms with van der Waals surface area (Å²) in [4.78, 5) is 9.73. The highest BCUT2D eigenvalue weighted by Gasteiger charge is 2.01. The smallest absolute Gasteiger partial charge is 0.230 e. The van der Waals surface area contributed by atoms with Crippen LogP contribution < -0.4 is 0 Å². The fourth-order valence-corrected chi connectivity index (χ4v) is 0.314. The maximum Gasteiger partial charge on any atom is 0.230 e. The largest absolute Gasteiger partial charge is 0.461 e. The maximum absolute atomic E-state index is 9.73. The molecule has 0 aliphatic carbocycles. The van der Waals surface area contributed by atoms with Crippen molar-refractivity contribution < 1.29 is 14.3 Å². The summed E-state index contributed by atoms with van der Waals surface area (Å²) in [6.45, 7) is 0.175. The number of allylic oxidation sites excluding steroid dienone is 1. The van der Waals surface area contributed by atoms with Crippen molar-refractivity contribution in [2.24, 2.45) is 0 Å². The third-order valence-electron chi connectivity index (χ3n) is 0.609. The van der Waals surface area contributed by atoms with Gasteiger partial charge in [-0.2, -0.15) is 0 Å². The van der Waals surface area contributed by atoms with E-state index in [2.05, 4.69) is 9.47 Å². The molecule has 0 atom stereocenters. The zero-order valence-electron chi connectivity index (χ0n) is 3.59. The van der Waals surface area contributed by atoms with Crippen LogP contribution in [0.2, 0.25) is 0 Å². The van der Waals surface area contributed by atoms with E-state index < -0.39 is 0 Å². The molecule has 38 valence electrons. The Hall–Kier alpha value is -0.990. The number of carbonyl (C=O) groups is 1. The molecule has 3 heteroatoms. The minimum Gasteiger partial charge on any atom is -0.461 e. The molecule has 0 saturated carbocycles. The van der Waals surface area contributed by atoms with Crippen molar-refractivity contribution >= 4 is 6.29 Å². The van der Waals surface area contributed by atoms with Crippen molar-refractivity contribution in [3.63, 3.8) is 0 Å². The average Bonchev–Trinajstić information content (AvgIpc) is 2.14. The van der Waals surface area contributed by atoms with Gasteiger partial charge in [0.2, 0.25) is 6.79 Å². The molecule has 7 heavy (non-hydrogen) atoms. The first-order valence-electron chi connectivity index (χ1n) is 1.83. The molecule has 0 bridgehead atoms. The van der Waals surface area contributed by atoms with E-state index in [9.17, 15) is 4.79 Å². The van der Waals surface area contributed by atoms with Gasteiger partial charge in [-0.15, -0.1) is 0 Å². The Kier molecular flexibility index (Phi) is 0.978. The van der Waals surface area contributed by atoms with E-state index in [1.54, 1.807) is 0 Å². The molecular formula is C4H4O3. The van der Waals surface area contributed by atoms with Crippen LogP contribution in [0.5, 0.6) is 0 Å². The van der Waals surface area contributed by atoms with E-state index in [4.69, 9.17) is 0 Å². The summed E-state index contributed by atoms with van der Waals surface area (Å²) >= 11 is 0.